The molecule has 3 aromatic rings. The Bertz CT molecular complexity index is 1760. The number of aromatic nitrogens is 1. The summed E-state index contributed by atoms with van der Waals surface area (Å²) in [5, 5.41) is 4.87. The SMILES string of the molecule is CCCCOC(=O)NS(=O)(=O)CCC1CN(S(=O)(=O)c2cc3ccc(Cl)cc3s2)CCN1C(=O)c1nc2c(s1)CNC(C)C2. The number of amides is 2. The lowest BCUT2D eigenvalue weighted by atomic mass is 10.1. The minimum absolute atomic E-state index is 0.0258. The molecular formula is C27H34ClN5O7S4. The number of nitrogens with one attached hydrogen (secondary N) is 2. The molecule has 2 amide bonds. The molecule has 1 saturated heterocycles. The molecule has 2 atom stereocenters. The molecule has 17 heteroatoms. The van der Waals surface area contributed by atoms with Gasteiger partial charge in [-0.2, -0.15) is 4.31 Å². The van der Waals surface area contributed by atoms with Crippen molar-refractivity contribution in [2.24, 2.45) is 0 Å². The summed E-state index contributed by atoms with van der Waals surface area (Å²) in [6, 6.07) is 6.17. The zero-order valence-corrected chi connectivity index (χ0v) is 28.3. The van der Waals surface area contributed by atoms with Crippen LogP contribution in [0, 0.1) is 0 Å². The number of carbonyl (C=O) groups is 2. The molecule has 2 N–H and O–H groups in total. The van der Waals surface area contributed by atoms with Crippen molar-refractivity contribution in [2.45, 2.75) is 62.4 Å². The zero-order valence-electron chi connectivity index (χ0n) is 24.2. The summed E-state index contributed by atoms with van der Waals surface area (Å²) < 4.78 is 62.0. The fraction of sp³-hybridized carbons (Fsp3) is 0.519. The second-order valence-corrected chi connectivity index (χ2v) is 17.4. The highest BCUT2D eigenvalue weighted by molar-refractivity contribution is 7.91. The van der Waals surface area contributed by atoms with Crippen LogP contribution in [0.15, 0.2) is 28.5 Å². The highest BCUT2D eigenvalue weighted by Gasteiger charge is 2.39. The van der Waals surface area contributed by atoms with Gasteiger partial charge < -0.3 is 15.0 Å². The van der Waals surface area contributed by atoms with Crippen LogP contribution < -0.4 is 10.0 Å². The van der Waals surface area contributed by atoms with Gasteiger partial charge in [0.05, 0.1) is 18.1 Å². The van der Waals surface area contributed by atoms with Gasteiger partial charge in [0.2, 0.25) is 10.0 Å². The van der Waals surface area contributed by atoms with Crippen molar-refractivity contribution in [2.75, 3.05) is 32.0 Å². The molecule has 240 valence electrons. The van der Waals surface area contributed by atoms with Crippen LogP contribution in [0.2, 0.25) is 5.02 Å². The number of carbonyl (C=O) groups excluding carboxylic acids is 2. The summed E-state index contributed by atoms with van der Waals surface area (Å²) in [6.45, 7) is 4.60. The lowest BCUT2D eigenvalue weighted by Gasteiger charge is -2.40. The van der Waals surface area contributed by atoms with Crippen LogP contribution >= 0.6 is 34.3 Å². The standard InChI is InChI=1S/C27H34ClN5O7S4/c1-3-4-10-40-27(35)31-43(36,37)11-7-20-16-32(44(38,39)24-13-18-5-6-19(28)14-22(18)41-24)8-9-33(20)26(34)25-30-21-12-17(2)29-15-23(21)42-25/h5-6,13-14,17,20,29H,3-4,7-12,15-16H2,1-2H3,(H,31,35). The van der Waals surface area contributed by atoms with Crippen LogP contribution in [-0.4, -0.2) is 87.1 Å². The molecule has 1 aromatic carbocycles. The zero-order chi connectivity index (χ0) is 31.6. The van der Waals surface area contributed by atoms with Gasteiger partial charge in [0.15, 0.2) is 5.01 Å². The number of halogens is 1. The number of fused-ring (bicyclic) bond motifs is 2. The maximum Gasteiger partial charge on any atom is 0.420 e. The van der Waals surface area contributed by atoms with Crippen LogP contribution in [0.3, 0.4) is 0 Å². The molecule has 44 heavy (non-hydrogen) atoms. The molecule has 2 aliphatic heterocycles. The average Bonchev–Trinajstić information content (AvgIpc) is 3.59. The molecule has 0 bridgehead atoms. The van der Waals surface area contributed by atoms with Crippen molar-refractivity contribution in [3.05, 3.63) is 44.9 Å². The minimum Gasteiger partial charge on any atom is -0.449 e. The fourth-order valence-electron chi connectivity index (χ4n) is 5.13. The Labute approximate surface area is 269 Å². The predicted molar refractivity (Wildman–Crippen MR) is 170 cm³/mol. The Morgan fingerprint density at radius 1 is 1.18 bits per heavy atom. The Hall–Kier alpha value is -2.34. The smallest absolute Gasteiger partial charge is 0.420 e. The molecule has 2 aromatic heterocycles. The summed E-state index contributed by atoms with van der Waals surface area (Å²) >= 11 is 8.49. The first-order chi connectivity index (χ1) is 20.9. The quantitative estimate of drug-likeness (QED) is 0.300. The number of benzene rings is 1. The third kappa shape index (κ3) is 7.54. The van der Waals surface area contributed by atoms with Crippen molar-refractivity contribution in [1.82, 2.24) is 24.2 Å². The number of hydrogen-bond donors (Lipinski definition) is 2. The number of nitrogens with zero attached hydrogens (tertiary/aromatic N) is 3. The summed E-state index contributed by atoms with van der Waals surface area (Å²) in [6.07, 6.45) is 0.880. The molecule has 0 saturated carbocycles. The first kappa shape index (κ1) is 33.0. The molecule has 2 unspecified atom stereocenters. The predicted octanol–water partition coefficient (Wildman–Crippen LogP) is 3.81. The maximum atomic E-state index is 13.8. The Morgan fingerprint density at radius 2 is 1.98 bits per heavy atom. The van der Waals surface area contributed by atoms with Crippen molar-refractivity contribution in [1.29, 1.82) is 0 Å². The van der Waals surface area contributed by atoms with E-state index in [0.29, 0.717) is 24.4 Å². The first-order valence-corrected chi connectivity index (χ1v) is 19.4. The normalized spacial score (nSPS) is 19.6. The number of thiophene rings is 1. The first-order valence-electron chi connectivity index (χ1n) is 14.3. The summed E-state index contributed by atoms with van der Waals surface area (Å²) in [7, 11) is -8.10. The van der Waals surface area contributed by atoms with E-state index in [1.807, 2.05) is 18.6 Å². The van der Waals surface area contributed by atoms with Crippen molar-refractivity contribution < 1.29 is 31.2 Å². The molecule has 5 rings (SSSR count). The van der Waals surface area contributed by atoms with Gasteiger partial charge in [0.25, 0.3) is 15.9 Å². The lowest BCUT2D eigenvalue weighted by molar-refractivity contribution is 0.0559. The monoisotopic (exact) mass is 703 g/mol. The molecule has 12 nitrogen and oxygen atoms in total. The van der Waals surface area contributed by atoms with E-state index in [0.717, 1.165) is 38.4 Å². The van der Waals surface area contributed by atoms with E-state index in [1.165, 1.54) is 20.5 Å². The van der Waals surface area contributed by atoms with Gasteiger partial charge in [-0.05, 0) is 43.4 Å². The molecular weight excluding hydrogens is 670 g/mol. The van der Waals surface area contributed by atoms with Crippen LogP contribution in [0.5, 0.6) is 0 Å². The lowest BCUT2D eigenvalue weighted by Crippen LogP contribution is -2.57. The average molecular weight is 704 g/mol. The third-order valence-corrected chi connectivity index (χ3v) is 13.5. The van der Waals surface area contributed by atoms with Crippen LogP contribution in [0.4, 0.5) is 4.79 Å². The Balaban J connectivity index is 1.37. The van der Waals surface area contributed by atoms with Gasteiger partial charge in [0.1, 0.15) is 4.21 Å². The molecule has 1 fully saturated rings. The van der Waals surface area contributed by atoms with Crippen LogP contribution in [0.1, 0.15) is 53.5 Å². The molecule has 4 heterocycles. The van der Waals surface area contributed by atoms with E-state index in [9.17, 15) is 26.4 Å². The van der Waals surface area contributed by atoms with Crippen molar-refractivity contribution in [3.8, 4) is 0 Å². The van der Waals surface area contributed by atoms with Gasteiger partial charge in [-0.25, -0.2) is 31.3 Å². The largest absolute Gasteiger partial charge is 0.449 e. The van der Waals surface area contributed by atoms with Gasteiger partial charge in [-0.1, -0.05) is 31.0 Å². The van der Waals surface area contributed by atoms with Crippen molar-refractivity contribution in [3.63, 3.8) is 0 Å². The van der Waals surface area contributed by atoms with E-state index < -0.39 is 37.9 Å². The van der Waals surface area contributed by atoms with E-state index in [-0.39, 0.29) is 53.8 Å². The topological polar surface area (TPSA) is 155 Å². The third-order valence-electron chi connectivity index (χ3n) is 7.52. The van der Waals surface area contributed by atoms with Crippen molar-refractivity contribution >= 4 is 76.4 Å². The summed E-state index contributed by atoms with van der Waals surface area (Å²) in [5.41, 5.74) is 0.862. The molecule has 2 aliphatic rings. The van der Waals surface area contributed by atoms with Crippen LogP contribution in [0.25, 0.3) is 10.1 Å². The van der Waals surface area contributed by atoms with Gasteiger partial charge >= 0.3 is 6.09 Å². The Morgan fingerprint density at radius 3 is 2.75 bits per heavy atom. The summed E-state index contributed by atoms with van der Waals surface area (Å²) in [5.74, 6) is -0.894. The number of unbranched alkanes of at least 4 members (excludes halogenated alkanes) is 1. The number of rotatable bonds is 10. The van der Waals surface area contributed by atoms with Gasteiger partial charge in [-0.15, -0.1) is 22.7 Å². The highest BCUT2D eigenvalue weighted by atomic mass is 35.5. The maximum absolute atomic E-state index is 13.8. The molecule has 0 aliphatic carbocycles. The van der Waals surface area contributed by atoms with Gasteiger partial charge in [-0.3, -0.25) is 4.79 Å². The molecule has 0 radical (unpaired) electrons. The second kappa shape index (κ2) is 13.6. The van der Waals surface area contributed by atoms with E-state index in [4.69, 9.17) is 16.3 Å². The number of ether oxygens (including phenoxy) is 1. The number of sulfonamides is 2. The number of thiazole rings is 1. The second-order valence-electron chi connectivity index (χ2n) is 10.8. The van der Waals surface area contributed by atoms with E-state index in [2.05, 4.69) is 10.3 Å². The minimum atomic E-state index is -4.13. The van der Waals surface area contributed by atoms with E-state index >= 15 is 0 Å². The number of piperazine rings is 1. The highest BCUT2D eigenvalue weighted by Crippen LogP contribution is 2.34. The number of hydrogen-bond acceptors (Lipinski definition) is 11. The fourth-order valence-corrected chi connectivity index (χ4v) is 10.4. The molecule has 0 spiro atoms. The Kier molecular flexibility index (Phi) is 10.2. The van der Waals surface area contributed by atoms with E-state index in [1.54, 1.807) is 24.3 Å². The summed E-state index contributed by atoms with van der Waals surface area (Å²) in [4.78, 5) is 32.9. The van der Waals surface area contributed by atoms with Crippen LogP contribution in [-0.2, 0) is 37.7 Å². The van der Waals surface area contributed by atoms with Gasteiger partial charge in [0, 0.05) is 59.3 Å².